The van der Waals surface area contributed by atoms with Crippen LogP contribution in [0.5, 0.6) is 5.75 Å². The second kappa shape index (κ2) is 12.3. The Morgan fingerprint density at radius 1 is 1.19 bits per heavy atom. The van der Waals surface area contributed by atoms with Gasteiger partial charge in [0.05, 0.1) is 18.9 Å². The molecular weight excluding hydrogens is 542 g/mol. The van der Waals surface area contributed by atoms with E-state index in [0.29, 0.717) is 28.8 Å². The lowest BCUT2D eigenvalue weighted by molar-refractivity contribution is -0.111. The summed E-state index contributed by atoms with van der Waals surface area (Å²) in [5.74, 6) is -2.37. The highest BCUT2D eigenvalue weighted by Gasteiger charge is 2.27. The molecule has 4 aromatic rings. The number of halogens is 2. The molecule has 8 nitrogen and oxygen atoms in total. The first-order valence-corrected chi connectivity index (χ1v) is 13.8. The number of nitrogens with zero attached hydrogens (tertiary/aromatic N) is 3. The second-order valence-corrected chi connectivity index (χ2v) is 10.3. The third kappa shape index (κ3) is 5.86. The molecule has 0 spiro atoms. The molecule has 1 fully saturated rings. The van der Waals surface area contributed by atoms with Gasteiger partial charge in [0.2, 0.25) is 5.91 Å². The lowest BCUT2D eigenvalue weighted by Crippen LogP contribution is -2.46. The minimum Gasteiger partial charge on any atom is -0.494 e. The quantitative estimate of drug-likeness (QED) is 0.259. The van der Waals surface area contributed by atoms with Crippen molar-refractivity contribution in [1.82, 2.24) is 9.88 Å². The third-order valence-electron chi connectivity index (χ3n) is 7.72. The van der Waals surface area contributed by atoms with Crippen molar-refractivity contribution < 1.29 is 27.8 Å². The normalized spacial score (nSPS) is 14.7. The number of aliphatic hydroxyl groups excluding tert-OH is 1. The van der Waals surface area contributed by atoms with Crippen molar-refractivity contribution in [3.8, 4) is 5.75 Å². The van der Waals surface area contributed by atoms with Gasteiger partial charge >= 0.3 is 0 Å². The summed E-state index contributed by atoms with van der Waals surface area (Å²) in [6, 6.07) is 10.6. The van der Waals surface area contributed by atoms with Gasteiger partial charge in [-0.2, -0.15) is 0 Å². The van der Waals surface area contributed by atoms with Gasteiger partial charge in [-0.15, -0.1) is 0 Å². The minimum absolute atomic E-state index is 0.0270. The van der Waals surface area contributed by atoms with Gasteiger partial charge in [0.15, 0.2) is 17.1 Å². The molecule has 1 aliphatic heterocycles. The van der Waals surface area contributed by atoms with Crippen LogP contribution in [-0.2, 0) is 11.2 Å². The van der Waals surface area contributed by atoms with E-state index in [9.17, 15) is 18.7 Å². The fourth-order valence-electron chi connectivity index (χ4n) is 5.27. The summed E-state index contributed by atoms with van der Waals surface area (Å²) in [5.41, 5.74) is 3.17. The molecule has 1 aliphatic rings. The molecule has 0 bridgehead atoms. The smallest absolute Gasteiger partial charge is 0.247 e. The van der Waals surface area contributed by atoms with E-state index in [2.05, 4.69) is 33.6 Å². The van der Waals surface area contributed by atoms with Crippen LogP contribution in [0.25, 0.3) is 11.0 Å². The van der Waals surface area contributed by atoms with Crippen LogP contribution in [0.1, 0.15) is 41.2 Å². The van der Waals surface area contributed by atoms with Gasteiger partial charge in [0.25, 0.3) is 0 Å². The molecule has 3 heterocycles. The first kappa shape index (κ1) is 29.2. The average molecular weight is 577 g/mol. The van der Waals surface area contributed by atoms with E-state index in [-0.39, 0.29) is 23.0 Å². The molecule has 5 rings (SSSR count). The van der Waals surface area contributed by atoms with Crippen LogP contribution in [0.15, 0.2) is 59.7 Å². The fourth-order valence-corrected chi connectivity index (χ4v) is 5.27. The highest BCUT2D eigenvalue weighted by molar-refractivity contribution is 5.99. The number of likely N-dealkylation sites (N-methyl/N-ethyl adjacent to an activating group) is 1. The van der Waals surface area contributed by atoms with E-state index >= 15 is 0 Å². The number of hydrogen-bond acceptors (Lipinski definition) is 7. The summed E-state index contributed by atoms with van der Waals surface area (Å²) in [6.07, 6.45) is 1.44. The Morgan fingerprint density at radius 3 is 2.64 bits per heavy atom. The molecule has 2 aromatic heterocycles. The van der Waals surface area contributed by atoms with Crippen LogP contribution in [0.3, 0.4) is 0 Å². The van der Waals surface area contributed by atoms with Gasteiger partial charge in [-0.3, -0.25) is 9.78 Å². The van der Waals surface area contributed by atoms with Crippen molar-refractivity contribution in [2.24, 2.45) is 0 Å². The molecule has 2 aromatic carbocycles. The van der Waals surface area contributed by atoms with Crippen molar-refractivity contribution >= 4 is 28.3 Å². The monoisotopic (exact) mass is 576 g/mol. The van der Waals surface area contributed by atoms with E-state index in [0.717, 1.165) is 44.0 Å². The van der Waals surface area contributed by atoms with Crippen LogP contribution >= 0.6 is 0 Å². The number of nitrogens with one attached hydrogen (secondary N) is 1. The van der Waals surface area contributed by atoms with Crippen molar-refractivity contribution in [2.75, 3.05) is 50.1 Å². The maximum atomic E-state index is 14.9. The molecule has 1 unspecified atom stereocenters. The Morgan fingerprint density at radius 2 is 1.95 bits per heavy atom. The topological polar surface area (TPSA) is 91.1 Å². The predicted octanol–water partition coefficient (Wildman–Crippen LogP) is 5.36. The maximum Gasteiger partial charge on any atom is 0.247 e. The molecule has 1 atom stereocenters. The number of fused-ring (bicyclic) bond motifs is 1. The van der Waals surface area contributed by atoms with Crippen LogP contribution in [0.2, 0.25) is 0 Å². The van der Waals surface area contributed by atoms with E-state index in [1.165, 1.54) is 38.4 Å². The number of aryl methyl sites for hydroxylation is 1. The maximum absolute atomic E-state index is 14.9. The SMILES string of the molecule is C=CC(=O)Nc1cc(N2CCN(CC)CC2)ccc1Cc1cc2cc(C(O)c3c(F)c(C)cc(OC)c3F)oc2cn1. The molecule has 0 radical (unpaired) electrons. The number of piperazine rings is 1. The van der Waals surface area contributed by atoms with Crippen molar-refractivity contribution in [1.29, 1.82) is 0 Å². The summed E-state index contributed by atoms with van der Waals surface area (Å²) in [7, 11) is 1.27. The Kier molecular flexibility index (Phi) is 8.56. The Hall–Kier alpha value is -4.28. The molecule has 42 heavy (non-hydrogen) atoms. The van der Waals surface area contributed by atoms with Crippen LogP contribution in [0, 0.1) is 18.6 Å². The van der Waals surface area contributed by atoms with Gasteiger partial charge in [0.1, 0.15) is 17.7 Å². The van der Waals surface area contributed by atoms with E-state index in [1.54, 1.807) is 6.07 Å². The molecule has 1 amide bonds. The van der Waals surface area contributed by atoms with E-state index in [1.807, 2.05) is 18.2 Å². The second-order valence-electron chi connectivity index (χ2n) is 10.3. The van der Waals surface area contributed by atoms with E-state index in [4.69, 9.17) is 9.15 Å². The molecule has 0 aliphatic carbocycles. The number of amides is 1. The number of carbonyl (C=O) groups excluding carboxylic acids is 1. The predicted molar refractivity (Wildman–Crippen MR) is 158 cm³/mol. The standard InChI is InChI=1S/C32H34F2N4O4/c1-5-28(39)36-24-17-23(38-11-9-37(6-2)10-12-38)8-7-20(24)14-22-15-21-16-26(42-27(21)18-35-22)32(40)29-30(33)19(3)13-25(41-4)31(29)34/h5,7-8,13,15-18,32,40H,1,6,9-12,14H2,2-4H3,(H,36,39). The summed E-state index contributed by atoms with van der Waals surface area (Å²) in [6.45, 7) is 12.0. The van der Waals surface area contributed by atoms with Crippen LogP contribution in [0.4, 0.5) is 20.2 Å². The van der Waals surface area contributed by atoms with Gasteiger partial charge in [0, 0.05) is 55.1 Å². The molecule has 220 valence electrons. The summed E-state index contributed by atoms with van der Waals surface area (Å²) >= 11 is 0. The largest absolute Gasteiger partial charge is 0.494 e. The van der Waals surface area contributed by atoms with Gasteiger partial charge < -0.3 is 29.4 Å². The number of furan rings is 1. The molecule has 2 N–H and O–H groups in total. The highest BCUT2D eigenvalue weighted by Crippen LogP contribution is 2.36. The number of aromatic nitrogens is 1. The molecule has 0 saturated carbocycles. The number of ether oxygens (including phenoxy) is 1. The molecule has 10 heteroatoms. The number of methoxy groups -OCH3 is 1. The highest BCUT2D eigenvalue weighted by atomic mass is 19.1. The minimum atomic E-state index is -1.69. The van der Waals surface area contributed by atoms with E-state index < -0.39 is 23.3 Å². The lowest BCUT2D eigenvalue weighted by Gasteiger charge is -2.35. The van der Waals surface area contributed by atoms with Crippen molar-refractivity contribution in [2.45, 2.75) is 26.4 Å². The number of rotatable bonds is 9. The Bertz CT molecular complexity index is 1630. The summed E-state index contributed by atoms with van der Waals surface area (Å²) < 4.78 is 40.5. The molecular formula is C32H34F2N4O4. The third-order valence-corrected chi connectivity index (χ3v) is 7.72. The van der Waals surface area contributed by atoms with Gasteiger partial charge in [-0.25, -0.2) is 8.78 Å². The fraction of sp³-hybridized carbons (Fsp3) is 0.312. The first-order valence-electron chi connectivity index (χ1n) is 13.8. The zero-order valence-electron chi connectivity index (χ0n) is 23.9. The number of hydrogen-bond donors (Lipinski definition) is 2. The van der Waals surface area contributed by atoms with Gasteiger partial charge in [-0.1, -0.05) is 19.6 Å². The number of carbonyl (C=O) groups is 1. The Labute approximate surface area is 243 Å². The summed E-state index contributed by atoms with van der Waals surface area (Å²) in [4.78, 5) is 21.5. The Balaban J connectivity index is 1.42. The van der Waals surface area contributed by atoms with Crippen LogP contribution in [-0.4, -0.2) is 60.7 Å². The zero-order valence-corrected chi connectivity index (χ0v) is 23.9. The first-order chi connectivity index (χ1) is 20.2. The zero-order chi connectivity index (χ0) is 30.0. The molecule has 1 saturated heterocycles. The van der Waals surface area contributed by atoms with Crippen molar-refractivity contribution in [3.63, 3.8) is 0 Å². The summed E-state index contributed by atoms with van der Waals surface area (Å²) in [5, 5.41) is 14.4. The van der Waals surface area contributed by atoms with Crippen molar-refractivity contribution in [3.05, 3.63) is 95.0 Å². The average Bonchev–Trinajstić information content (AvgIpc) is 3.43. The number of pyridine rings is 1. The lowest BCUT2D eigenvalue weighted by atomic mass is 10.0. The number of benzene rings is 2. The number of anilines is 2. The number of aliphatic hydroxyl groups is 1. The van der Waals surface area contributed by atoms with Gasteiger partial charge in [-0.05, 0) is 61.0 Å². The van der Waals surface area contributed by atoms with Crippen LogP contribution < -0.4 is 15.0 Å².